The average molecular weight is 305 g/mol. The fraction of sp³-hybridized carbons (Fsp3) is 0.500. The summed E-state index contributed by atoms with van der Waals surface area (Å²) in [5.41, 5.74) is 7.41. The van der Waals surface area contributed by atoms with Gasteiger partial charge in [0.05, 0.1) is 5.52 Å². The van der Waals surface area contributed by atoms with Crippen molar-refractivity contribution < 1.29 is 0 Å². The number of H-pyrrole nitrogens is 1. The number of aromatic nitrogens is 3. The van der Waals surface area contributed by atoms with Gasteiger partial charge in [0.2, 0.25) is 0 Å². The Morgan fingerprint density at radius 3 is 2.63 bits per heavy atom. The van der Waals surface area contributed by atoms with Crippen LogP contribution >= 0.6 is 24.8 Å². The first-order valence-electron chi connectivity index (χ1n) is 6.06. The number of imidazole rings is 1. The third-order valence-corrected chi connectivity index (χ3v) is 3.58. The molecular formula is C12H18Cl2N4O. The standard InChI is InChI=1S/C12H16N4O.2ClH/c13-8-3-5-9(6-4-8)16-11-10(15-12(16)17)2-1-7-14-11;;/h1-2,7-9H,3-6,13H2,(H,15,17);2*1H/t8-,9-;;. The summed E-state index contributed by atoms with van der Waals surface area (Å²) in [4.78, 5) is 19.1. The quantitative estimate of drug-likeness (QED) is 0.846. The molecule has 0 aliphatic heterocycles. The van der Waals surface area contributed by atoms with Crippen molar-refractivity contribution in [3.05, 3.63) is 28.8 Å². The van der Waals surface area contributed by atoms with E-state index in [9.17, 15) is 4.79 Å². The Labute approximate surface area is 123 Å². The van der Waals surface area contributed by atoms with Crippen molar-refractivity contribution in [1.29, 1.82) is 0 Å². The lowest BCUT2D eigenvalue weighted by molar-refractivity contribution is 0.323. The molecule has 0 spiro atoms. The lowest BCUT2D eigenvalue weighted by Gasteiger charge is -2.26. The van der Waals surface area contributed by atoms with Crippen LogP contribution in [0.3, 0.4) is 0 Å². The van der Waals surface area contributed by atoms with Gasteiger partial charge in [-0.15, -0.1) is 24.8 Å². The van der Waals surface area contributed by atoms with Crippen LogP contribution in [0, 0.1) is 0 Å². The van der Waals surface area contributed by atoms with Crippen LogP contribution in [-0.2, 0) is 0 Å². The molecule has 0 bridgehead atoms. The molecule has 2 aromatic heterocycles. The van der Waals surface area contributed by atoms with Crippen molar-refractivity contribution in [3.8, 4) is 0 Å². The van der Waals surface area contributed by atoms with Crippen molar-refractivity contribution in [1.82, 2.24) is 14.5 Å². The topological polar surface area (TPSA) is 76.7 Å². The van der Waals surface area contributed by atoms with E-state index in [0.717, 1.165) is 36.8 Å². The minimum Gasteiger partial charge on any atom is -0.328 e. The Morgan fingerprint density at radius 2 is 1.95 bits per heavy atom. The van der Waals surface area contributed by atoms with Gasteiger partial charge in [-0.2, -0.15) is 0 Å². The third kappa shape index (κ3) is 2.94. The monoisotopic (exact) mass is 304 g/mol. The molecule has 2 heterocycles. The van der Waals surface area contributed by atoms with Gasteiger partial charge in [-0.1, -0.05) is 0 Å². The van der Waals surface area contributed by atoms with Crippen LogP contribution in [0.5, 0.6) is 0 Å². The zero-order valence-corrected chi connectivity index (χ0v) is 12.0. The number of fused-ring (bicyclic) bond motifs is 1. The Morgan fingerprint density at radius 1 is 1.26 bits per heavy atom. The van der Waals surface area contributed by atoms with Gasteiger partial charge >= 0.3 is 5.69 Å². The van der Waals surface area contributed by atoms with Gasteiger partial charge in [0.15, 0.2) is 5.65 Å². The SMILES string of the molecule is Cl.Cl.N[C@H]1CC[C@H](n2c(=O)[nH]c3cccnc32)CC1. The van der Waals surface area contributed by atoms with Crippen LogP contribution < -0.4 is 11.4 Å². The van der Waals surface area contributed by atoms with E-state index >= 15 is 0 Å². The third-order valence-electron chi connectivity index (χ3n) is 3.58. The molecule has 3 N–H and O–H groups in total. The van der Waals surface area contributed by atoms with Gasteiger partial charge in [-0.05, 0) is 37.8 Å². The largest absolute Gasteiger partial charge is 0.328 e. The number of nitrogens with zero attached hydrogens (tertiary/aromatic N) is 2. The molecular weight excluding hydrogens is 287 g/mol. The number of hydrogen-bond acceptors (Lipinski definition) is 3. The highest BCUT2D eigenvalue weighted by Crippen LogP contribution is 2.28. The molecule has 1 saturated carbocycles. The van der Waals surface area contributed by atoms with E-state index in [1.807, 2.05) is 12.1 Å². The van der Waals surface area contributed by atoms with Crippen molar-refractivity contribution in [2.24, 2.45) is 5.73 Å². The summed E-state index contributed by atoms with van der Waals surface area (Å²) in [6, 6.07) is 4.25. The van der Waals surface area contributed by atoms with Gasteiger partial charge in [0.1, 0.15) is 0 Å². The number of rotatable bonds is 1. The van der Waals surface area contributed by atoms with Crippen molar-refractivity contribution in [2.75, 3.05) is 0 Å². The number of aromatic amines is 1. The number of nitrogens with one attached hydrogen (secondary N) is 1. The van der Waals surface area contributed by atoms with Crippen LogP contribution in [0.4, 0.5) is 0 Å². The Bertz CT molecular complexity index is 587. The van der Waals surface area contributed by atoms with Gasteiger partial charge in [0, 0.05) is 18.3 Å². The molecule has 1 aliphatic carbocycles. The van der Waals surface area contributed by atoms with Crippen molar-refractivity contribution in [2.45, 2.75) is 37.8 Å². The summed E-state index contributed by atoms with van der Waals surface area (Å²) in [5.74, 6) is 0. The lowest BCUT2D eigenvalue weighted by atomic mass is 9.92. The van der Waals surface area contributed by atoms with Crippen LogP contribution in [0.15, 0.2) is 23.1 Å². The van der Waals surface area contributed by atoms with Gasteiger partial charge < -0.3 is 10.7 Å². The Hall–Kier alpha value is -1.04. The van der Waals surface area contributed by atoms with E-state index in [1.54, 1.807) is 10.8 Å². The van der Waals surface area contributed by atoms with Crippen molar-refractivity contribution >= 4 is 36.0 Å². The first-order chi connectivity index (χ1) is 8.25. The molecule has 1 aliphatic rings. The van der Waals surface area contributed by atoms with Crippen LogP contribution in [0.1, 0.15) is 31.7 Å². The molecule has 0 saturated heterocycles. The Kier molecular flexibility index (Phi) is 5.40. The highest BCUT2D eigenvalue weighted by Gasteiger charge is 2.23. The molecule has 0 atom stereocenters. The molecule has 1 fully saturated rings. The maximum Gasteiger partial charge on any atom is 0.327 e. The summed E-state index contributed by atoms with van der Waals surface area (Å²) in [5, 5.41) is 0. The average Bonchev–Trinajstić information content (AvgIpc) is 2.66. The number of pyridine rings is 1. The van der Waals surface area contributed by atoms with Crippen LogP contribution in [0.2, 0.25) is 0 Å². The molecule has 3 rings (SSSR count). The number of nitrogens with two attached hydrogens (primary N) is 1. The van der Waals surface area contributed by atoms with E-state index in [1.165, 1.54) is 0 Å². The normalized spacial score (nSPS) is 22.6. The summed E-state index contributed by atoms with van der Waals surface area (Å²) in [6.07, 6.45) is 5.61. The van der Waals surface area contributed by atoms with E-state index in [2.05, 4.69) is 9.97 Å². The second-order valence-electron chi connectivity index (χ2n) is 4.74. The predicted molar refractivity (Wildman–Crippen MR) is 80.3 cm³/mol. The van der Waals surface area contributed by atoms with Gasteiger partial charge in [0.25, 0.3) is 0 Å². The molecule has 0 unspecified atom stereocenters. The maximum absolute atomic E-state index is 12.0. The Balaban J connectivity index is 0.000000902. The molecule has 0 aromatic carbocycles. The molecule has 5 nitrogen and oxygen atoms in total. The second-order valence-corrected chi connectivity index (χ2v) is 4.74. The maximum atomic E-state index is 12.0. The minimum absolute atomic E-state index is 0. The number of halogens is 2. The fourth-order valence-electron chi connectivity index (χ4n) is 2.66. The first-order valence-corrected chi connectivity index (χ1v) is 6.06. The second kappa shape index (κ2) is 6.41. The highest BCUT2D eigenvalue weighted by atomic mass is 35.5. The van der Waals surface area contributed by atoms with Gasteiger partial charge in [-0.25, -0.2) is 9.78 Å². The molecule has 0 amide bonds. The molecule has 2 aromatic rings. The number of hydrogen-bond donors (Lipinski definition) is 2. The van der Waals surface area contributed by atoms with E-state index < -0.39 is 0 Å². The minimum atomic E-state index is -0.0563. The zero-order chi connectivity index (χ0) is 11.8. The lowest BCUT2D eigenvalue weighted by Crippen LogP contribution is -2.31. The summed E-state index contributed by atoms with van der Waals surface area (Å²) in [6.45, 7) is 0. The summed E-state index contributed by atoms with van der Waals surface area (Å²) in [7, 11) is 0. The smallest absolute Gasteiger partial charge is 0.327 e. The molecule has 19 heavy (non-hydrogen) atoms. The predicted octanol–water partition coefficient (Wildman–Crippen LogP) is 2.01. The van der Waals surface area contributed by atoms with E-state index in [0.29, 0.717) is 6.04 Å². The molecule has 7 heteroatoms. The summed E-state index contributed by atoms with van der Waals surface area (Å²) < 4.78 is 1.79. The van der Waals surface area contributed by atoms with Crippen molar-refractivity contribution in [3.63, 3.8) is 0 Å². The fourth-order valence-corrected chi connectivity index (χ4v) is 2.66. The summed E-state index contributed by atoms with van der Waals surface area (Å²) >= 11 is 0. The van der Waals surface area contributed by atoms with E-state index in [4.69, 9.17) is 5.73 Å². The van der Waals surface area contributed by atoms with E-state index in [-0.39, 0.29) is 36.5 Å². The molecule has 0 radical (unpaired) electrons. The van der Waals surface area contributed by atoms with Crippen LogP contribution in [-0.4, -0.2) is 20.6 Å². The molecule has 106 valence electrons. The zero-order valence-electron chi connectivity index (χ0n) is 10.4. The van der Waals surface area contributed by atoms with Gasteiger partial charge in [-0.3, -0.25) is 4.57 Å². The van der Waals surface area contributed by atoms with Crippen LogP contribution in [0.25, 0.3) is 11.2 Å². The first kappa shape index (κ1) is 16.0. The highest BCUT2D eigenvalue weighted by molar-refractivity contribution is 5.85.